The fourth-order valence-electron chi connectivity index (χ4n) is 8.07. The average molecular weight is 1230 g/mol. The van der Waals surface area contributed by atoms with E-state index in [1.165, 1.54) is 30.6 Å². The van der Waals surface area contributed by atoms with Crippen molar-refractivity contribution in [2.45, 2.75) is 34.5 Å². The SMILES string of the molecule is COc1cc(N=Nc2c(SOOO)cc3c(S(=O)(=O)O)c(N=Nc4c(C)c(C#N)c5nc6ccccc6n5c4O)ccc3c2O)c(N(CCCSOOO)CCCS(=O)(=O)O)cc1N=Nc1nc2c(S(=O)(=O)O)cc([N+](=O)[O-])cc2s1. The summed E-state index contributed by atoms with van der Waals surface area (Å²) < 4.78 is 121. The number of hydrogen-bond acceptors (Lipinski definition) is 30. The Morgan fingerprint density at radius 3 is 2.21 bits per heavy atom. The van der Waals surface area contributed by atoms with Gasteiger partial charge in [0, 0.05) is 65.4 Å². The van der Waals surface area contributed by atoms with Crippen molar-refractivity contribution in [3.05, 3.63) is 88.0 Å². The molecule has 424 valence electrons. The third-order valence-corrected chi connectivity index (χ3v) is 16.2. The molecule has 38 heteroatoms. The molecule has 5 aromatic carbocycles. The van der Waals surface area contributed by atoms with Gasteiger partial charge in [0.05, 0.1) is 56.1 Å². The first-order valence-corrected chi connectivity index (χ1v) is 29.2. The minimum atomic E-state index is -5.33. The number of methoxy groups -OCH3 is 1. The number of hydrogen-bond donors (Lipinski definition) is 7. The number of rotatable bonds is 24. The topological polar surface area (TPSA) is 465 Å². The number of nitrogens with zero attached hydrogens (tertiary/aromatic N) is 12. The van der Waals surface area contributed by atoms with Crippen molar-refractivity contribution in [3.63, 3.8) is 0 Å². The molecule has 3 aromatic heterocycles. The van der Waals surface area contributed by atoms with E-state index in [2.05, 4.69) is 59.4 Å². The second kappa shape index (κ2) is 24.6. The van der Waals surface area contributed by atoms with E-state index < -0.39 is 84.9 Å². The van der Waals surface area contributed by atoms with Gasteiger partial charge in [0.15, 0.2) is 17.1 Å². The van der Waals surface area contributed by atoms with Crippen molar-refractivity contribution in [1.29, 1.82) is 5.26 Å². The maximum Gasteiger partial charge on any atom is 0.297 e. The van der Waals surface area contributed by atoms with Crippen LogP contribution in [0.25, 0.3) is 37.7 Å². The Kier molecular flexibility index (Phi) is 18.0. The lowest BCUT2D eigenvalue weighted by Crippen LogP contribution is -2.27. The standard InChI is InChI=1S/C43H36N12O20S6/c1-21-25(20-44)41-45-26-7-3-4-8-30(26)54(41)42(57)36(21)50-47-27-10-9-23-24(40(27)81(68,69)70)17-34(78-75-73-61)38(39(23)56)51-48-28-19-32(71-2)29(18-31(28)53(11-5-13-76-74-72-60)12-6-14-79(62,63)64)49-52-43-46-37-33(77-43)15-22(55(58)59)16-35(37)80(65,66)67/h3-4,7-10,15-19,56-57,60-61H,5-6,11-14H2,1-2H3,(H,62,63,64)(H,65,66,67)(H,68,69,70). The Hall–Kier alpha value is -7.72. The van der Waals surface area contributed by atoms with E-state index in [-0.39, 0.29) is 115 Å². The molecule has 0 radical (unpaired) electrons. The number of non-ortho nitro benzene ring substituents is 1. The summed E-state index contributed by atoms with van der Waals surface area (Å²) in [6.07, 6.45) is -0.00879. The number of nitro groups is 1. The van der Waals surface area contributed by atoms with Gasteiger partial charge in [0.2, 0.25) is 11.0 Å². The fourth-order valence-corrected chi connectivity index (χ4v) is 11.8. The summed E-state index contributed by atoms with van der Waals surface area (Å²) in [5.74, 6) is -2.05. The van der Waals surface area contributed by atoms with Gasteiger partial charge in [-0.1, -0.05) is 33.5 Å². The molecule has 0 saturated carbocycles. The van der Waals surface area contributed by atoms with Crippen molar-refractivity contribution in [2.24, 2.45) is 30.7 Å². The molecule has 0 amide bonds. The normalized spacial score (nSPS) is 12.6. The van der Waals surface area contributed by atoms with Crippen molar-refractivity contribution in [1.82, 2.24) is 14.4 Å². The van der Waals surface area contributed by atoms with Crippen LogP contribution in [0.15, 0.2) is 112 Å². The molecule has 0 saturated heterocycles. The van der Waals surface area contributed by atoms with Crippen LogP contribution >= 0.6 is 35.4 Å². The minimum Gasteiger partial charge on any atom is -0.505 e. The third-order valence-electron chi connectivity index (χ3n) is 11.5. The summed E-state index contributed by atoms with van der Waals surface area (Å²) in [7, 11) is -13.7. The molecule has 7 N–H and O–H groups in total. The van der Waals surface area contributed by atoms with E-state index in [0.717, 1.165) is 24.3 Å². The predicted octanol–water partition coefficient (Wildman–Crippen LogP) is 10.5. The highest BCUT2D eigenvalue weighted by Crippen LogP contribution is 2.49. The molecule has 81 heavy (non-hydrogen) atoms. The Morgan fingerprint density at radius 1 is 0.827 bits per heavy atom. The molecule has 0 atom stereocenters. The number of imidazole rings is 1. The van der Waals surface area contributed by atoms with E-state index in [0.29, 0.717) is 40.5 Å². The van der Waals surface area contributed by atoms with Gasteiger partial charge in [-0.15, -0.1) is 39.4 Å². The number of fused-ring (bicyclic) bond motifs is 5. The van der Waals surface area contributed by atoms with Gasteiger partial charge in [0.25, 0.3) is 36.0 Å². The number of pyridine rings is 1. The molecular weight excluding hydrogens is 1200 g/mol. The zero-order chi connectivity index (χ0) is 58.6. The highest BCUT2D eigenvalue weighted by Gasteiger charge is 2.28. The highest BCUT2D eigenvalue weighted by atomic mass is 32.2. The first-order valence-electron chi connectivity index (χ1n) is 22.3. The molecule has 0 spiro atoms. The zero-order valence-electron chi connectivity index (χ0n) is 40.8. The number of aromatic nitrogens is 3. The Balaban J connectivity index is 1.27. The monoisotopic (exact) mass is 1230 g/mol. The van der Waals surface area contributed by atoms with Gasteiger partial charge < -0.3 is 19.8 Å². The van der Waals surface area contributed by atoms with E-state index in [9.17, 15) is 69.8 Å². The molecular formula is C43H36N12O20S6. The van der Waals surface area contributed by atoms with Crippen LogP contribution in [0.3, 0.4) is 0 Å². The Labute approximate surface area is 466 Å². The predicted molar refractivity (Wildman–Crippen MR) is 287 cm³/mol. The highest BCUT2D eigenvalue weighted by molar-refractivity contribution is 7.95. The Bertz CT molecular complexity index is 4310. The summed E-state index contributed by atoms with van der Waals surface area (Å²) in [5, 5.41) is 94.5. The van der Waals surface area contributed by atoms with Crippen LogP contribution in [-0.2, 0) is 49.1 Å². The van der Waals surface area contributed by atoms with E-state index in [4.69, 9.17) is 9.99 Å². The van der Waals surface area contributed by atoms with Crippen LogP contribution in [0, 0.1) is 28.4 Å². The van der Waals surface area contributed by atoms with E-state index in [1.54, 1.807) is 29.2 Å². The van der Waals surface area contributed by atoms with Crippen molar-refractivity contribution in [3.8, 4) is 23.4 Å². The first-order chi connectivity index (χ1) is 38.5. The minimum absolute atomic E-state index is 0.00135. The number of phenolic OH excluding ortho intramolecular Hbond substituents is 1. The number of benzene rings is 5. The van der Waals surface area contributed by atoms with Crippen molar-refractivity contribution >= 4 is 148 Å². The summed E-state index contributed by atoms with van der Waals surface area (Å²) in [6, 6.07) is 16.1. The van der Waals surface area contributed by atoms with Crippen LogP contribution in [0.2, 0.25) is 0 Å². The smallest absolute Gasteiger partial charge is 0.297 e. The second-order valence-electron chi connectivity index (χ2n) is 16.4. The maximum absolute atomic E-state index is 13.3. The largest absolute Gasteiger partial charge is 0.505 e. The molecule has 0 aliphatic carbocycles. The molecule has 8 rings (SSSR count). The number of para-hydroxylation sites is 2. The molecule has 0 aliphatic heterocycles. The summed E-state index contributed by atoms with van der Waals surface area (Å²) in [6.45, 7) is 1.31. The van der Waals surface area contributed by atoms with Gasteiger partial charge in [-0.3, -0.25) is 28.2 Å². The zero-order valence-corrected chi connectivity index (χ0v) is 45.7. The van der Waals surface area contributed by atoms with Crippen LogP contribution in [0.5, 0.6) is 17.4 Å². The van der Waals surface area contributed by atoms with Gasteiger partial charge in [-0.25, -0.2) is 20.5 Å². The number of nitro benzene ring substituents is 1. The van der Waals surface area contributed by atoms with Crippen LogP contribution in [0.4, 0.5) is 44.9 Å². The molecule has 8 aromatic rings. The van der Waals surface area contributed by atoms with Crippen LogP contribution < -0.4 is 9.64 Å². The van der Waals surface area contributed by atoms with Crippen LogP contribution in [-0.4, -0.2) is 111 Å². The Morgan fingerprint density at radius 2 is 1.53 bits per heavy atom. The summed E-state index contributed by atoms with van der Waals surface area (Å²) >= 11 is 1.51. The summed E-state index contributed by atoms with van der Waals surface area (Å²) in [4.78, 5) is 18.6. The maximum atomic E-state index is 13.3. The van der Waals surface area contributed by atoms with Gasteiger partial charge >= 0.3 is 0 Å². The third kappa shape index (κ3) is 13.1. The molecule has 0 bridgehead atoms. The lowest BCUT2D eigenvalue weighted by Gasteiger charge is -2.26. The number of azo groups is 3. The van der Waals surface area contributed by atoms with Crippen molar-refractivity contribution < 1.29 is 88.0 Å². The number of thiazole rings is 1. The van der Waals surface area contributed by atoms with E-state index in [1.807, 2.05) is 6.07 Å². The van der Waals surface area contributed by atoms with Gasteiger partial charge in [0.1, 0.15) is 55.4 Å². The lowest BCUT2D eigenvalue weighted by atomic mass is 10.1. The molecule has 3 heterocycles. The van der Waals surface area contributed by atoms with Gasteiger partial charge in [-0.2, -0.15) is 30.5 Å². The first kappa shape index (κ1) is 59.4. The number of ether oxygens (including phenoxy) is 1. The number of nitriles is 1. The molecule has 0 aliphatic rings. The van der Waals surface area contributed by atoms with E-state index >= 15 is 0 Å². The molecule has 0 unspecified atom stereocenters. The average Bonchev–Trinajstić information content (AvgIpc) is 4.17. The molecule has 32 nitrogen and oxygen atoms in total. The number of phenols is 1. The molecule has 0 fully saturated rings. The van der Waals surface area contributed by atoms with Crippen LogP contribution in [0.1, 0.15) is 24.0 Å². The lowest BCUT2D eigenvalue weighted by molar-refractivity contribution is -0.432. The summed E-state index contributed by atoms with van der Waals surface area (Å²) in [5.41, 5.74) is -1.56. The second-order valence-corrected chi connectivity index (χ2v) is 23.3. The quantitative estimate of drug-likeness (QED) is 0.00562. The fraction of sp³-hybridized carbons (Fsp3) is 0.186. The van der Waals surface area contributed by atoms with Crippen molar-refractivity contribution in [2.75, 3.05) is 36.6 Å². The van der Waals surface area contributed by atoms with Gasteiger partial charge in [-0.05, 0) is 56.2 Å². The number of aromatic hydroxyl groups is 2. The number of anilines is 1.